The molecule has 1 aromatic heterocycles. The molecule has 1 amide bonds. The summed E-state index contributed by atoms with van der Waals surface area (Å²) in [6, 6.07) is 17.9. The Labute approximate surface area is 206 Å². The van der Waals surface area contributed by atoms with Crippen molar-refractivity contribution >= 4 is 38.3 Å². The number of amides is 1. The second-order valence-electron chi connectivity index (χ2n) is 8.75. The minimum absolute atomic E-state index is 0.00632. The molecule has 3 aromatic carbocycles. The summed E-state index contributed by atoms with van der Waals surface area (Å²) in [5.41, 5.74) is 1.41. The zero-order valence-corrected chi connectivity index (χ0v) is 19.9. The molecule has 6 nitrogen and oxygen atoms in total. The molecule has 0 N–H and O–H groups in total. The first-order valence-electron chi connectivity index (χ1n) is 11.4. The van der Waals surface area contributed by atoms with Gasteiger partial charge >= 0.3 is 0 Å². The van der Waals surface area contributed by atoms with E-state index in [2.05, 4.69) is 0 Å². The molecule has 0 aliphatic carbocycles. The fourth-order valence-electron chi connectivity index (χ4n) is 4.62. The summed E-state index contributed by atoms with van der Waals surface area (Å²) in [5.74, 6) is -2.83. The van der Waals surface area contributed by atoms with Gasteiger partial charge in [0.1, 0.15) is 17.4 Å². The van der Waals surface area contributed by atoms with Gasteiger partial charge in [-0.2, -0.15) is 0 Å². The summed E-state index contributed by atoms with van der Waals surface area (Å²) in [5, 5.41) is 0.641. The van der Waals surface area contributed by atoms with Gasteiger partial charge in [-0.05, 0) is 66.9 Å². The second-order valence-corrected chi connectivity index (χ2v) is 10.6. The monoisotopic (exact) mass is 508 g/mol. The smallest absolute Gasteiger partial charge is 0.268 e. The van der Waals surface area contributed by atoms with E-state index in [1.54, 1.807) is 42.5 Å². The molecule has 0 saturated carbocycles. The minimum Gasteiger partial charge on any atom is -0.312 e. The van der Waals surface area contributed by atoms with Gasteiger partial charge in [-0.1, -0.05) is 18.2 Å². The number of ketones is 1. The van der Waals surface area contributed by atoms with Crippen molar-refractivity contribution in [2.45, 2.75) is 24.2 Å². The summed E-state index contributed by atoms with van der Waals surface area (Å²) in [7, 11) is -3.78. The Morgan fingerprint density at radius 1 is 0.944 bits per heavy atom. The number of nitrogens with zero attached hydrogens (tertiary/aromatic N) is 2. The van der Waals surface area contributed by atoms with E-state index in [1.165, 1.54) is 39.3 Å². The Hall–Kier alpha value is -3.85. The molecular formula is C27H22F2N2O4S. The van der Waals surface area contributed by atoms with E-state index in [-0.39, 0.29) is 29.4 Å². The van der Waals surface area contributed by atoms with Crippen molar-refractivity contribution in [3.05, 3.63) is 96.2 Å². The molecule has 0 bridgehead atoms. The lowest BCUT2D eigenvalue weighted by Crippen LogP contribution is -2.30. The highest BCUT2D eigenvalue weighted by atomic mass is 32.2. The standard InChI is InChI=1S/C27H22F2N2O4S/c28-20-14-18(15-21(29)17-20)6-9-26(32)24-11-12-30(27(24)33)22-7-8-25-19(16-22)10-13-31(25)36(34,35)23-4-2-1-3-5-23/h1-5,7-8,10,13-17,24H,6,9,11-12H2. The number of carbonyl (C=O) groups excluding carboxylic acids is 2. The normalized spacial score (nSPS) is 16.1. The van der Waals surface area contributed by atoms with Crippen molar-refractivity contribution in [3.63, 3.8) is 0 Å². The number of aromatic nitrogens is 1. The van der Waals surface area contributed by atoms with Gasteiger partial charge in [-0.3, -0.25) is 9.59 Å². The van der Waals surface area contributed by atoms with Gasteiger partial charge in [0, 0.05) is 36.3 Å². The van der Waals surface area contributed by atoms with E-state index in [9.17, 15) is 26.8 Å². The van der Waals surface area contributed by atoms with Crippen LogP contribution in [0.3, 0.4) is 0 Å². The molecular weight excluding hydrogens is 486 g/mol. The van der Waals surface area contributed by atoms with Crippen LogP contribution in [0.15, 0.2) is 83.9 Å². The van der Waals surface area contributed by atoms with E-state index in [0.29, 0.717) is 35.1 Å². The highest BCUT2D eigenvalue weighted by Gasteiger charge is 2.37. The lowest BCUT2D eigenvalue weighted by Gasteiger charge is -2.17. The third-order valence-corrected chi connectivity index (χ3v) is 8.13. The number of hydrogen-bond acceptors (Lipinski definition) is 4. The summed E-state index contributed by atoms with van der Waals surface area (Å²) < 4.78 is 54.1. The number of fused-ring (bicyclic) bond motifs is 1. The predicted molar refractivity (Wildman–Crippen MR) is 131 cm³/mol. The van der Waals surface area contributed by atoms with Gasteiger partial charge in [0.2, 0.25) is 5.91 Å². The van der Waals surface area contributed by atoms with Gasteiger partial charge in [0.05, 0.1) is 16.3 Å². The Morgan fingerprint density at radius 3 is 2.39 bits per heavy atom. The molecule has 1 atom stereocenters. The van der Waals surface area contributed by atoms with Crippen LogP contribution >= 0.6 is 0 Å². The number of Topliss-reactive ketones (excluding diaryl/α,β-unsaturated/α-hetero) is 1. The summed E-state index contributed by atoms with van der Waals surface area (Å²) >= 11 is 0. The van der Waals surface area contributed by atoms with Gasteiger partial charge in [-0.25, -0.2) is 21.2 Å². The van der Waals surface area contributed by atoms with Crippen LogP contribution in [0, 0.1) is 17.6 Å². The second kappa shape index (κ2) is 9.31. The average molecular weight is 509 g/mol. The highest BCUT2D eigenvalue weighted by molar-refractivity contribution is 7.90. The summed E-state index contributed by atoms with van der Waals surface area (Å²) in [6.45, 7) is 0.346. The van der Waals surface area contributed by atoms with Crippen LogP contribution in [-0.4, -0.2) is 30.6 Å². The lowest BCUT2D eigenvalue weighted by atomic mass is 9.96. The zero-order chi connectivity index (χ0) is 25.4. The quantitative estimate of drug-likeness (QED) is 0.339. The number of halogens is 2. The maximum absolute atomic E-state index is 13.4. The van der Waals surface area contributed by atoms with Crippen LogP contribution in [0.1, 0.15) is 18.4 Å². The Kier molecular flexibility index (Phi) is 6.17. The van der Waals surface area contributed by atoms with Crippen LogP contribution in [0.4, 0.5) is 14.5 Å². The van der Waals surface area contributed by atoms with Crippen molar-refractivity contribution in [2.75, 3.05) is 11.4 Å². The number of benzene rings is 3. The van der Waals surface area contributed by atoms with Crippen LogP contribution in [0.5, 0.6) is 0 Å². The van der Waals surface area contributed by atoms with Gasteiger partial charge < -0.3 is 4.90 Å². The van der Waals surface area contributed by atoms with E-state index >= 15 is 0 Å². The topological polar surface area (TPSA) is 76.5 Å². The molecule has 2 heterocycles. The molecule has 0 radical (unpaired) electrons. The van der Waals surface area contributed by atoms with Crippen molar-refractivity contribution in [1.82, 2.24) is 3.97 Å². The van der Waals surface area contributed by atoms with Crippen LogP contribution < -0.4 is 4.90 Å². The van der Waals surface area contributed by atoms with Crippen molar-refractivity contribution < 1.29 is 26.8 Å². The number of hydrogen-bond donors (Lipinski definition) is 0. The first-order chi connectivity index (χ1) is 17.2. The fraction of sp³-hybridized carbons (Fsp3) is 0.185. The first kappa shape index (κ1) is 23.9. The number of anilines is 1. The molecule has 1 saturated heterocycles. The SMILES string of the molecule is O=C(CCc1cc(F)cc(F)c1)C1CCN(c2ccc3c(ccn3S(=O)(=O)c3ccccc3)c2)C1=O. The summed E-state index contributed by atoms with van der Waals surface area (Å²) in [4.78, 5) is 27.5. The van der Waals surface area contributed by atoms with Crippen molar-refractivity contribution in [3.8, 4) is 0 Å². The molecule has 1 aliphatic rings. The molecule has 184 valence electrons. The maximum atomic E-state index is 13.4. The van der Waals surface area contributed by atoms with E-state index in [0.717, 1.165) is 6.07 Å². The van der Waals surface area contributed by atoms with Gasteiger partial charge in [-0.15, -0.1) is 0 Å². The predicted octanol–water partition coefficient (Wildman–Crippen LogP) is 4.71. The first-order valence-corrected chi connectivity index (χ1v) is 12.9. The lowest BCUT2D eigenvalue weighted by molar-refractivity contribution is -0.130. The Bertz CT molecular complexity index is 1560. The van der Waals surface area contributed by atoms with E-state index in [4.69, 9.17) is 0 Å². The Morgan fingerprint density at radius 2 is 1.67 bits per heavy atom. The third-order valence-electron chi connectivity index (χ3n) is 6.43. The third kappa shape index (κ3) is 4.42. The molecule has 0 spiro atoms. The Balaban J connectivity index is 1.32. The molecule has 1 aliphatic heterocycles. The number of carbonyl (C=O) groups is 2. The maximum Gasteiger partial charge on any atom is 0.268 e. The summed E-state index contributed by atoms with van der Waals surface area (Å²) in [6.07, 6.45) is 1.97. The molecule has 1 fully saturated rings. The molecule has 4 aromatic rings. The van der Waals surface area contributed by atoms with Crippen LogP contribution in [-0.2, 0) is 26.0 Å². The van der Waals surface area contributed by atoms with E-state index < -0.39 is 27.6 Å². The van der Waals surface area contributed by atoms with Crippen molar-refractivity contribution in [2.24, 2.45) is 5.92 Å². The molecule has 1 unspecified atom stereocenters. The number of aryl methyl sites for hydroxylation is 1. The molecule has 36 heavy (non-hydrogen) atoms. The fourth-order valence-corrected chi connectivity index (χ4v) is 5.99. The van der Waals surface area contributed by atoms with Gasteiger partial charge in [0.15, 0.2) is 0 Å². The van der Waals surface area contributed by atoms with Crippen LogP contribution in [0.25, 0.3) is 10.9 Å². The van der Waals surface area contributed by atoms with Crippen LogP contribution in [0.2, 0.25) is 0 Å². The molecule has 5 rings (SSSR count). The molecule has 9 heteroatoms. The minimum atomic E-state index is -3.78. The highest BCUT2D eigenvalue weighted by Crippen LogP contribution is 2.31. The number of rotatable bonds is 7. The average Bonchev–Trinajstić information content (AvgIpc) is 3.46. The van der Waals surface area contributed by atoms with Crippen molar-refractivity contribution in [1.29, 1.82) is 0 Å². The largest absolute Gasteiger partial charge is 0.312 e. The zero-order valence-electron chi connectivity index (χ0n) is 19.1. The van der Waals surface area contributed by atoms with Gasteiger partial charge in [0.25, 0.3) is 10.0 Å². The van der Waals surface area contributed by atoms with E-state index in [1.807, 2.05) is 0 Å².